The van der Waals surface area contributed by atoms with E-state index in [2.05, 4.69) is 15.9 Å². The lowest BCUT2D eigenvalue weighted by Gasteiger charge is -2.35. The molecular weight excluding hydrogens is 438 g/mol. The zero-order valence-corrected chi connectivity index (χ0v) is 16.9. The molecule has 0 aliphatic carbocycles. The molecule has 3 rings (SSSR count). The molecular formula is C17H18BrN3O5S. The van der Waals surface area contributed by atoms with Gasteiger partial charge in [-0.15, -0.1) is 0 Å². The molecule has 27 heavy (non-hydrogen) atoms. The monoisotopic (exact) mass is 455 g/mol. The van der Waals surface area contributed by atoms with E-state index in [1.165, 1.54) is 29.6 Å². The number of nitro groups is 1. The van der Waals surface area contributed by atoms with Crippen LogP contribution in [0.3, 0.4) is 0 Å². The molecule has 1 aliphatic heterocycles. The Bertz CT molecular complexity index is 942. The zero-order valence-electron chi connectivity index (χ0n) is 14.5. The fraction of sp³-hybridized carbons (Fsp3) is 0.294. The molecule has 1 saturated heterocycles. The number of benzene rings is 2. The average Bonchev–Trinajstić information content (AvgIpc) is 2.68. The first-order valence-electron chi connectivity index (χ1n) is 8.16. The molecule has 0 bridgehead atoms. The number of anilines is 1. The van der Waals surface area contributed by atoms with Crippen molar-refractivity contribution in [1.82, 2.24) is 4.31 Å². The second-order valence-electron chi connectivity index (χ2n) is 5.96. The Morgan fingerprint density at radius 2 is 1.70 bits per heavy atom. The first-order valence-corrected chi connectivity index (χ1v) is 10.4. The van der Waals surface area contributed by atoms with E-state index in [0.717, 1.165) is 0 Å². The van der Waals surface area contributed by atoms with E-state index < -0.39 is 14.9 Å². The van der Waals surface area contributed by atoms with E-state index in [1.807, 2.05) is 4.90 Å². The highest BCUT2D eigenvalue weighted by Gasteiger charge is 2.30. The van der Waals surface area contributed by atoms with Crippen molar-refractivity contribution in [1.29, 1.82) is 0 Å². The zero-order chi connectivity index (χ0) is 19.6. The Kier molecular flexibility index (Phi) is 5.68. The number of sulfonamides is 1. The normalized spacial score (nSPS) is 15.6. The summed E-state index contributed by atoms with van der Waals surface area (Å²) in [5.74, 6) is 0.585. The predicted molar refractivity (Wildman–Crippen MR) is 105 cm³/mol. The Hall–Kier alpha value is -2.17. The number of nitro benzene ring substituents is 1. The lowest BCUT2D eigenvalue weighted by molar-refractivity contribution is -0.384. The third kappa shape index (κ3) is 4.07. The number of rotatable bonds is 5. The minimum Gasteiger partial charge on any atom is -0.497 e. The second-order valence-corrected chi connectivity index (χ2v) is 8.81. The second kappa shape index (κ2) is 7.83. The maximum Gasteiger partial charge on any atom is 0.293 e. The van der Waals surface area contributed by atoms with Crippen LogP contribution in [-0.2, 0) is 10.0 Å². The summed E-state index contributed by atoms with van der Waals surface area (Å²) in [6.45, 7) is 1.25. The van der Waals surface area contributed by atoms with Crippen LogP contribution in [0.5, 0.6) is 5.75 Å². The quantitative estimate of drug-likeness (QED) is 0.508. The van der Waals surface area contributed by atoms with E-state index in [9.17, 15) is 18.5 Å². The number of ether oxygens (including phenoxy) is 1. The van der Waals surface area contributed by atoms with E-state index in [4.69, 9.17) is 4.74 Å². The van der Waals surface area contributed by atoms with E-state index in [-0.39, 0.29) is 23.7 Å². The third-order valence-electron chi connectivity index (χ3n) is 4.41. The van der Waals surface area contributed by atoms with Gasteiger partial charge in [0.15, 0.2) is 0 Å². The Morgan fingerprint density at radius 1 is 1.07 bits per heavy atom. The number of piperazine rings is 1. The minimum atomic E-state index is -3.62. The lowest BCUT2D eigenvalue weighted by Crippen LogP contribution is -2.48. The highest BCUT2D eigenvalue weighted by atomic mass is 79.9. The van der Waals surface area contributed by atoms with Crippen LogP contribution in [0.4, 0.5) is 11.4 Å². The third-order valence-corrected chi connectivity index (χ3v) is 6.82. The Labute approximate surface area is 165 Å². The molecule has 0 unspecified atom stereocenters. The molecule has 144 valence electrons. The van der Waals surface area contributed by atoms with Gasteiger partial charge in [-0.25, -0.2) is 8.42 Å². The molecule has 1 heterocycles. The molecule has 0 atom stereocenters. The van der Waals surface area contributed by atoms with Crippen molar-refractivity contribution >= 4 is 37.3 Å². The molecule has 0 saturated carbocycles. The van der Waals surface area contributed by atoms with Gasteiger partial charge in [0.05, 0.1) is 16.9 Å². The van der Waals surface area contributed by atoms with Crippen LogP contribution < -0.4 is 9.64 Å². The predicted octanol–water partition coefficient (Wildman–Crippen LogP) is 2.88. The smallest absolute Gasteiger partial charge is 0.293 e. The van der Waals surface area contributed by atoms with Crippen LogP contribution in [0.2, 0.25) is 0 Å². The van der Waals surface area contributed by atoms with Crippen LogP contribution in [0.1, 0.15) is 0 Å². The molecule has 2 aromatic rings. The van der Waals surface area contributed by atoms with Crippen LogP contribution in [-0.4, -0.2) is 50.9 Å². The van der Waals surface area contributed by atoms with Crippen molar-refractivity contribution < 1.29 is 18.1 Å². The van der Waals surface area contributed by atoms with Gasteiger partial charge in [-0.2, -0.15) is 4.31 Å². The fourth-order valence-electron chi connectivity index (χ4n) is 2.98. The van der Waals surface area contributed by atoms with E-state index in [1.54, 1.807) is 24.3 Å². The highest BCUT2D eigenvalue weighted by Crippen LogP contribution is 2.32. The molecule has 2 aromatic carbocycles. The average molecular weight is 456 g/mol. The molecule has 1 aliphatic rings. The molecule has 0 N–H and O–H groups in total. The first kappa shape index (κ1) is 19.6. The van der Waals surface area contributed by atoms with Crippen LogP contribution >= 0.6 is 15.9 Å². The van der Waals surface area contributed by atoms with Crippen molar-refractivity contribution in [3.63, 3.8) is 0 Å². The lowest BCUT2D eigenvalue weighted by atomic mass is 10.2. The first-order chi connectivity index (χ1) is 12.8. The van der Waals surface area contributed by atoms with Gasteiger partial charge in [0.2, 0.25) is 10.0 Å². The summed E-state index contributed by atoms with van der Waals surface area (Å²) in [6.07, 6.45) is 0. The standard InChI is InChI=1S/C17H18BrN3O5S/c1-26-14-3-5-15(6-4-14)27(24,25)20-10-8-19(9-11-20)16-7-2-13(18)12-17(16)21(22)23/h2-7,12H,8-11H2,1H3. The van der Waals surface area contributed by atoms with Gasteiger partial charge in [0, 0.05) is 36.7 Å². The summed E-state index contributed by atoms with van der Waals surface area (Å²) in [6, 6.07) is 11.1. The van der Waals surface area contributed by atoms with Crippen molar-refractivity contribution in [2.75, 3.05) is 38.2 Å². The van der Waals surface area contributed by atoms with Gasteiger partial charge in [0.25, 0.3) is 5.69 Å². The van der Waals surface area contributed by atoms with Gasteiger partial charge < -0.3 is 9.64 Å². The van der Waals surface area contributed by atoms with Gasteiger partial charge in [-0.1, -0.05) is 15.9 Å². The van der Waals surface area contributed by atoms with Crippen LogP contribution in [0, 0.1) is 10.1 Å². The summed E-state index contributed by atoms with van der Waals surface area (Å²) < 4.78 is 32.7. The Morgan fingerprint density at radius 3 is 2.26 bits per heavy atom. The number of nitrogens with zero attached hydrogens (tertiary/aromatic N) is 3. The van der Waals surface area contributed by atoms with Crippen LogP contribution in [0.15, 0.2) is 51.8 Å². The largest absolute Gasteiger partial charge is 0.497 e. The SMILES string of the molecule is COc1ccc(S(=O)(=O)N2CCN(c3ccc(Br)cc3[N+](=O)[O-])CC2)cc1. The number of methoxy groups -OCH3 is 1. The molecule has 10 heteroatoms. The molecule has 1 fully saturated rings. The van der Waals surface area contributed by atoms with E-state index in [0.29, 0.717) is 29.0 Å². The molecule has 0 radical (unpaired) electrons. The summed E-state index contributed by atoms with van der Waals surface area (Å²) >= 11 is 3.24. The summed E-state index contributed by atoms with van der Waals surface area (Å²) in [4.78, 5) is 12.9. The topological polar surface area (TPSA) is 93.0 Å². The summed E-state index contributed by atoms with van der Waals surface area (Å²) in [7, 11) is -2.10. The number of halogens is 1. The molecule has 8 nitrogen and oxygen atoms in total. The van der Waals surface area contributed by atoms with Gasteiger partial charge in [-0.05, 0) is 36.4 Å². The fourth-order valence-corrected chi connectivity index (χ4v) is 4.75. The van der Waals surface area contributed by atoms with Crippen LogP contribution in [0.25, 0.3) is 0 Å². The van der Waals surface area contributed by atoms with Gasteiger partial charge >= 0.3 is 0 Å². The molecule has 0 spiro atoms. The van der Waals surface area contributed by atoms with Crippen molar-refractivity contribution in [3.8, 4) is 5.75 Å². The minimum absolute atomic E-state index is 0.00386. The van der Waals surface area contributed by atoms with Crippen molar-refractivity contribution in [3.05, 3.63) is 57.1 Å². The maximum atomic E-state index is 12.8. The van der Waals surface area contributed by atoms with Gasteiger partial charge in [0.1, 0.15) is 11.4 Å². The van der Waals surface area contributed by atoms with Gasteiger partial charge in [-0.3, -0.25) is 10.1 Å². The van der Waals surface area contributed by atoms with E-state index >= 15 is 0 Å². The maximum absolute atomic E-state index is 12.8. The van der Waals surface area contributed by atoms with Crippen molar-refractivity contribution in [2.24, 2.45) is 0 Å². The summed E-state index contributed by atoms with van der Waals surface area (Å²) in [5.41, 5.74) is 0.487. The number of hydrogen-bond acceptors (Lipinski definition) is 6. The molecule has 0 amide bonds. The number of hydrogen-bond donors (Lipinski definition) is 0. The highest BCUT2D eigenvalue weighted by molar-refractivity contribution is 9.10. The molecule has 0 aromatic heterocycles. The Balaban J connectivity index is 1.76. The summed E-state index contributed by atoms with van der Waals surface area (Å²) in [5, 5.41) is 11.3. The van der Waals surface area contributed by atoms with Crippen molar-refractivity contribution in [2.45, 2.75) is 4.90 Å².